The van der Waals surface area contributed by atoms with Gasteiger partial charge in [-0.05, 0) is 35.9 Å². The van der Waals surface area contributed by atoms with Crippen molar-refractivity contribution in [1.82, 2.24) is 0 Å². The summed E-state index contributed by atoms with van der Waals surface area (Å²) in [6.07, 6.45) is 3.45. The number of rotatable bonds is 4. The van der Waals surface area contributed by atoms with Crippen LogP contribution in [-0.4, -0.2) is 17.0 Å². The fourth-order valence-electron chi connectivity index (χ4n) is 2.30. The van der Waals surface area contributed by atoms with Gasteiger partial charge in [-0.2, -0.15) is 0 Å². The largest absolute Gasteiger partial charge is 0.478 e. The topological polar surface area (TPSA) is 96.6 Å². The normalized spacial score (nSPS) is 10.9. The number of hydrogen-bond acceptors (Lipinski definition) is 4. The highest BCUT2D eigenvalue weighted by molar-refractivity contribution is 6.05. The van der Waals surface area contributed by atoms with E-state index >= 15 is 0 Å². The molecule has 6 nitrogen and oxygen atoms in total. The van der Waals surface area contributed by atoms with Gasteiger partial charge in [0.15, 0.2) is 0 Å². The Balaban J connectivity index is 1.99. The molecular weight excluding hydrogens is 322 g/mol. The molecule has 1 aromatic heterocycles. The van der Waals surface area contributed by atoms with Gasteiger partial charge in [-0.15, -0.1) is 0 Å². The number of aliphatic carboxylic acids is 1. The minimum atomic E-state index is -1.09. The summed E-state index contributed by atoms with van der Waals surface area (Å²) in [5.41, 5.74) is 0.776. The third-order valence-electron chi connectivity index (χ3n) is 3.49. The van der Waals surface area contributed by atoms with Gasteiger partial charge in [0.05, 0.1) is 5.39 Å². The van der Waals surface area contributed by atoms with E-state index < -0.39 is 17.3 Å². The van der Waals surface area contributed by atoms with Crippen molar-refractivity contribution in [2.45, 2.75) is 0 Å². The smallest absolute Gasteiger partial charge is 0.328 e. The molecular formula is C19H13NO5. The molecule has 0 aliphatic heterocycles. The summed E-state index contributed by atoms with van der Waals surface area (Å²) in [6, 6.07) is 13.4. The van der Waals surface area contributed by atoms with E-state index in [-0.39, 0.29) is 10.9 Å². The number of para-hydroxylation sites is 1. The number of fused-ring (bicyclic) bond motifs is 1. The third kappa shape index (κ3) is 3.64. The van der Waals surface area contributed by atoms with Crippen LogP contribution in [0.15, 0.2) is 70.1 Å². The molecule has 3 rings (SSSR count). The molecule has 1 amide bonds. The van der Waals surface area contributed by atoms with Crippen LogP contribution in [0.3, 0.4) is 0 Å². The van der Waals surface area contributed by atoms with Crippen LogP contribution in [0.1, 0.15) is 15.9 Å². The maximum Gasteiger partial charge on any atom is 0.328 e. The second-order valence-electron chi connectivity index (χ2n) is 5.23. The Labute approximate surface area is 142 Å². The van der Waals surface area contributed by atoms with Crippen molar-refractivity contribution < 1.29 is 19.1 Å². The number of carboxylic acids is 1. The van der Waals surface area contributed by atoms with Crippen molar-refractivity contribution in [3.63, 3.8) is 0 Å². The zero-order chi connectivity index (χ0) is 17.8. The molecule has 0 saturated heterocycles. The number of hydrogen-bond donors (Lipinski definition) is 2. The summed E-state index contributed by atoms with van der Waals surface area (Å²) in [4.78, 5) is 35.5. The van der Waals surface area contributed by atoms with Crippen molar-refractivity contribution in [2.75, 3.05) is 5.32 Å². The molecule has 0 aliphatic carbocycles. The summed E-state index contributed by atoms with van der Waals surface area (Å²) in [5, 5.41) is 11.5. The Kier molecular flexibility index (Phi) is 4.43. The van der Waals surface area contributed by atoms with Crippen LogP contribution in [0.4, 0.5) is 5.69 Å². The first-order chi connectivity index (χ1) is 12.0. The van der Waals surface area contributed by atoms with Gasteiger partial charge in [0.1, 0.15) is 17.4 Å². The average molecular weight is 335 g/mol. The second-order valence-corrected chi connectivity index (χ2v) is 5.23. The summed E-state index contributed by atoms with van der Waals surface area (Å²) in [7, 11) is 0. The molecule has 0 spiro atoms. The number of benzene rings is 2. The molecule has 25 heavy (non-hydrogen) atoms. The monoisotopic (exact) mass is 335 g/mol. The molecule has 1 heterocycles. The number of anilines is 1. The average Bonchev–Trinajstić information content (AvgIpc) is 2.61. The van der Waals surface area contributed by atoms with Crippen LogP contribution in [0, 0.1) is 0 Å². The first kappa shape index (κ1) is 16.2. The van der Waals surface area contributed by atoms with Gasteiger partial charge in [-0.25, -0.2) is 4.79 Å². The van der Waals surface area contributed by atoms with Crippen molar-refractivity contribution >= 4 is 34.6 Å². The van der Waals surface area contributed by atoms with E-state index in [1.807, 2.05) is 6.07 Å². The summed E-state index contributed by atoms with van der Waals surface area (Å²) in [5.74, 6) is -1.67. The number of carbonyl (C=O) groups excluding carboxylic acids is 1. The van der Waals surface area contributed by atoms with Crippen molar-refractivity contribution in [1.29, 1.82) is 0 Å². The van der Waals surface area contributed by atoms with Crippen molar-refractivity contribution in [3.05, 3.63) is 82.2 Å². The van der Waals surface area contributed by atoms with Gasteiger partial charge >= 0.3 is 5.97 Å². The van der Waals surface area contributed by atoms with Crippen LogP contribution in [0.25, 0.3) is 17.0 Å². The molecule has 0 saturated carbocycles. The summed E-state index contributed by atoms with van der Waals surface area (Å²) < 4.78 is 5.36. The Morgan fingerprint density at radius 3 is 2.56 bits per heavy atom. The number of nitrogens with one attached hydrogen (secondary N) is 1. The molecule has 124 valence electrons. The third-order valence-corrected chi connectivity index (χ3v) is 3.49. The number of carboxylic acid groups (broad SMARTS) is 1. The van der Waals surface area contributed by atoms with Crippen LogP contribution >= 0.6 is 0 Å². The van der Waals surface area contributed by atoms with Gasteiger partial charge < -0.3 is 14.8 Å². The highest BCUT2D eigenvalue weighted by Gasteiger charge is 2.14. The van der Waals surface area contributed by atoms with Gasteiger partial charge in [0.25, 0.3) is 5.91 Å². The van der Waals surface area contributed by atoms with E-state index in [9.17, 15) is 14.4 Å². The Hall–Kier alpha value is -3.67. The first-order valence-electron chi connectivity index (χ1n) is 7.37. The molecule has 0 unspecified atom stereocenters. The molecule has 0 radical (unpaired) electrons. The van der Waals surface area contributed by atoms with Gasteiger partial charge in [-0.3, -0.25) is 9.59 Å². The Bertz CT molecular complexity index is 1030. The fraction of sp³-hybridized carbons (Fsp3) is 0. The minimum Gasteiger partial charge on any atom is -0.478 e. The Morgan fingerprint density at radius 2 is 1.84 bits per heavy atom. The molecule has 0 bridgehead atoms. The van der Waals surface area contributed by atoms with E-state index in [2.05, 4.69) is 5.32 Å². The van der Waals surface area contributed by atoms with Crippen molar-refractivity contribution in [3.8, 4) is 0 Å². The van der Waals surface area contributed by atoms with Crippen LogP contribution in [0.2, 0.25) is 0 Å². The van der Waals surface area contributed by atoms with Gasteiger partial charge in [-0.1, -0.05) is 24.3 Å². The highest BCUT2D eigenvalue weighted by Crippen LogP contribution is 2.16. The lowest BCUT2D eigenvalue weighted by atomic mass is 10.1. The standard InChI is InChI=1S/C19H13NO5/c21-17(22)9-7-12-6-8-16-14(10-12)18(23)15(11-25-16)19(24)20-13-4-2-1-3-5-13/h1-11H,(H,20,24)(H,21,22)/b9-7+. The SMILES string of the molecule is O=C(O)/C=C/c1ccc2occ(C(=O)Nc3ccccc3)c(=O)c2c1. The zero-order valence-corrected chi connectivity index (χ0v) is 12.9. The molecule has 2 N–H and O–H groups in total. The molecule has 2 aromatic carbocycles. The minimum absolute atomic E-state index is 0.129. The summed E-state index contributed by atoms with van der Waals surface area (Å²) in [6.45, 7) is 0. The number of amides is 1. The molecule has 6 heteroatoms. The van der Waals surface area contributed by atoms with E-state index in [1.165, 1.54) is 12.1 Å². The van der Waals surface area contributed by atoms with Crippen LogP contribution in [0.5, 0.6) is 0 Å². The van der Waals surface area contributed by atoms with Crippen LogP contribution < -0.4 is 10.7 Å². The maximum absolute atomic E-state index is 12.6. The highest BCUT2D eigenvalue weighted by atomic mass is 16.4. The second kappa shape index (κ2) is 6.84. The quantitative estimate of drug-likeness (QED) is 0.714. The molecule has 0 aliphatic rings. The predicted molar refractivity (Wildman–Crippen MR) is 93.5 cm³/mol. The first-order valence-corrected chi connectivity index (χ1v) is 7.37. The molecule has 3 aromatic rings. The van der Waals surface area contributed by atoms with E-state index in [0.29, 0.717) is 16.8 Å². The van der Waals surface area contributed by atoms with Crippen LogP contribution in [-0.2, 0) is 4.79 Å². The zero-order valence-electron chi connectivity index (χ0n) is 12.9. The lowest BCUT2D eigenvalue weighted by Crippen LogP contribution is -2.21. The fourth-order valence-corrected chi connectivity index (χ4v) is 2.30. The lowest BCUT2D eigenvalue weighted by Gasteiger charge is -2.05. The van der Waals surface area contributed by atoms with Gasteiger partial charge in [0, 0.05) is 11.8 Å². The van der Waals surface area contributed by atoms with Gasteiger partial charge in [0.2, 0.25) is 5.43 Å². The van der Waals surface area contributed by atoms with Crippen molar-refractivity contribution in [2.24, 2.45) is 0 Å². The van der Waals surface area contributed by atoms with E-state index in [4.69, 9.17) is 9.52 Å². The van der Waals surface area contributed by atoms with E-state index in [1.54, 1.807) is 36.4 Å². The van der Waals surface area contributed by atoms with E-state index in [0.717, 1.165) is 12.3 Å². The predicted octanol–water partition coefficient (Wildman–Crippen LogP) is 3.14. The summed E-state index contributed by atoms with van der Waals surface area (Å²) >= 11 is 0. The lowest BCUT2D eigenvalue weighted by molar-refractivity contribution is -0.131. The number of carbonyl (C=O) groups is 2. The molecule has 0 fully saturated rings. The maximum atomic E-state index is 12.6. The Morgan fingerprint density at radius 1 is 1.08 bits per heavy atom. The molecule has 0 atom stereocenters.